The average Bonchev–Trinajstić information content (AvgIpc) is 3.07. The Morgan fingerprint density at radius 1 is 1.12 bits per heavy atom. The first-order chi connectivity index (χ1) is 11.7. The Hall–Kier alpha value is -1.39. The third kappa shape index (κ3) is 2.76. The molecule has 1 aliphatic heterocycles. The fourth-order valence-electron chi connectivity index (χ4n) is 4.96. The average molecular weight is 328 g/mol. The van der Waals surface area contributed by atoms with E-state index in [-0.39, 0.29) is 11.8 Å². The third-order valence-corrected chi connectivity index (χ3v) is 6.52. The van der Waals surface area contributed by atoms with Gasteiger partial charge in [-0.25, -0.2) is 0 Å². The molecule has 1 amide bonds. The van der Waals surface area contributed by atoms with Crippen LogP contribution in [0.5, 0.6) is 0 Å². The molecule has 1 aromatic carbocycles. The van der Waals surface area contributed by atoms with Gasteiger partial charge in [0.05, 0.1) is 0 Å². The van der Waals surface area contributed by atoms with Gasteiger partial charge in [0.15, 0.2) is 5.60 Å². The molecule has 3 aliphatic rings. The van der Waals surface area contributed by atoms with Crippen molar-refractivity contribution >= 4 is 5.91 Å². The quantitative estimate of drug-likeness (QED) is 0.775. The lowest BCUT2D eigenvalue weighted by Crippen LogP contribution is -2.50. The normalized spacial score (nSPS) is 32.0. The summed E-state index contributed by atoms with van der Waals surface area (Å²) in [6.07, 6.45) is 5.27. The summed E-state index contributed by atoms with van der Waals surface area (Å²) in [6.45, 7) is 2.87. The zero-order valence-electron chi connectivity index (χ0n) is 14.2. The van der Waals surface area contributed by atoms with E-state index < -0.39 is 5.60 Å². The Morgan fingerprint density at radius 2 is 1.79 bits per heavy atom. The topological polar surface area (TPSA) is 61.4 Å². The molecule has 1 saturated heterocycles. The van der Waals surface area contributed by atoms with Crippen LogP contribution in [0.25, 0.3) is 0 Å². The first kappa shape index (κ1) is 16.1. The van der Waals surface area contributed by atoms with E-state index in [0.717, 1.165) is 56.2 Å². The second-order valence-corrected chi connectivity index (χ2v) is 7.83. The summed E-state index contributed by atoms with van der Waals surface area (Å²) in [4.78, 5) is 13.0. The van der Waals surface area contributed by atoms with Gasteiger partial charge in [-0.3, -0.25) is 4.79 Å². The summed E-state index contributed by atoms with van der Waals surface area (Å²) in [5.41, 5.74) is -0.642. The molecule has 1 aromatic rings. The maximum atomic E-state index is 13.0. The summed E-state index contributed by atoms with van der Waals surface area (Å²) < 4.78 is 0. The molecule has 4 rings (SSSR count). The number of amides is 1. The molecular weight excluding hydrogens is 300 g/mol. The molecule has 0 aromatic heterocycles. The fourth-order valence-corrected chi connectivity index (χ4v) is 4.96. The minimum atomic E-state index is -1.38. The van der Waals surface area contributed by atoms with E-state index in [2.05, 4.69) is 10.6 Å². The molecule has 2 saturated carbocycles. The third-order valence-electron chi connectivity index (χ3n) is 6.52. The van der Waals surface area contributed by atoms with Crippen molar-refractivity contribution in [2.24, 2.45) is 23.7 Å². The highest BCUT2D eigenvalue weighted by atomic mass is 16.3. The molecule has 1 heterocycles. The molecular formula is C20H28N2O2. The van der Waals surface area contributed by atoms with E-state index in [1.54, 1.807) is 0 Å². The first-order valence-electron chi connectivity index (χ1n) is 9.48. The highest BCUT2D eigenvalue weighted by Crippen LogP contribution is 2.48. The summed E-state index contributed by atoms with van der Waals surface area (Å²) in [5.74, 6) is 1.88. The van der Waals surface area contributed by atoms with E-state index in [0.29, 0.717) is 12.5 Å². The van der Waals surface area contributed by atoms with Crippen LogP contribution in [-0.4, -0.2) is 30.6 Å². The van der Waals surface area contributed by atoms with Gasteiger partial charge in [-0.1, -0.05) is 49.6 Å². The maximum Gasteiger partial charge on any atom is 0.256 e. The highest BCUT2D eigenvalue weighted by molar-refractivity contribution is 5.86. The van der Waals surface area contributed by atoms with Crippen LogP contribution in [0, 0.1) is 23.7 Å². The molecule has 24 heavy (non-hydrogen) atoms. The molecule has 0 spiro atoms. The summed E-state index contributed by atoms with van der Waals surface area (Å²) in [5, 5.41) is 18.0. The van der Waals surface area contributed by atoms with Crippen LogP contribution in [0.4, 0.5) is 0 Å². The number of fused-ring (bicyclic) bond motifs is 1. The highest BCUT2D eigenvalue weighted by Gasteiger charge is 2.53. The molecule has 3 N–H and O–H groups in total. The van der Waals surface area contributed by atoms with Gasteiger partial charge >= 0.3 is 0 Å². The van der Waals surface area contributed by atoms with Crippen molar-refractivity contribution in [1.82, 2.24) is 10.6 Å². The minimum Gasteiger partial charge on any atom is -0.375 e. The van der Waals surface area contributed by atoms with Crippen molar-refractivity contribution in [3.8, 4) is 0 Å². The van der Waals surface area contributed by atoms with Gasteiger partial charge in [0.2, 0.25) is 0 Å². The molecule has 4 nitrogen and oxygen atoms in total. The lowest BCUT2D eigenvalue weighted by atomic mass is 9.73. The number of nitrogens with one attached hydrogen (secondary N) is 2. The number of rotatable bonds is 5. The predicted molar refractivity (Wildman–Crippen MR) is 93.3 cm³/mol. The van der Waals surface area contributed by atoms with Crippen molar-refractivity contribution < 1.29 is 9.90 Å². The molecule has 4 atom stereocenters. The van der Waals surface area contributed by atoms with Gasteiger partial charge in [-0.15, -0.1) is 0 Å². The Kier molecular flexibility index (Phi) is 4.35. The van der Waals surface area contributed by atoms with Crippen molar-refractivity contribution in [3.05, 3.63) is 35.9 Å². The predicted octanol–water partition coefficient (Wildman–Crippen LogP) is 2.04. The van der Waals surface area contributed by atoms with Crippen molar-refractivity contribution in [2.75, 3.05) is 19.6 Å². The Bertz CT molecular complexity index is 575. The monoisotopic (exact) mass is 328 g/mol. The van der Waals surface area contributed by atoms with Crippen LogP contribution in [-0.2, 0) is 10.4 Å². The molecule has 4 heteroatoms. The Balaban J connectivity index is 1.49. The second kappa shape index (κ2) is 6.49. The van der Waals surface area contributed by atoms with Gasteiger partial charge in [0.25, 0.3) is 5.91 Å². The van der Waals surface area contributed by atoms with Crippen LogP contribution in [0.3, 0.4) is 0 Å². The minimum absolute atomic E-state index is 0.0222. The number of benzene rings is 1. The van der Waals surface area contributed by atoms with Gasteiger partial charge in [0, 0.05) is 12.5 Å². The Morgan fingerprint density at radius 3 is 2.46 bits per heavy atom. The SMILES string of the molecule is O=C(NCC1C2CNC[C@@H]21)C(O)(c1ccccc1)C1CCCCC1. The van der Waals surface area contributed by atoms with Crippen LogP contribution in [0.15, 0.2) is 30.3 Å². The van der Waals surface area contributed by atoms with E-state index in [1.807, 2.05) is 30.3 Å². The van der Waals surface area contributed by atoms with Crippen LogP contribution < -0.4 is 10.6 Å². The van der Waals surface area contributed by atoms with Gasteiger partial charge in [-0.05, 0) is 49.2 Å². The van der Waals surface area contributed by atoms with Crippen LogP contribution >= 0.6 is 0 Å². The van der Waals surface area contributed by atoms with E-state index >= 15 is 0 Å². The number of hydrogen-bond donors (Lipinski definition) is 3. The summed E-state index contributed by atoms with van der Waals surface area (Å²) in [6, 6.07) is 9.54. The summed E-state index contributed by atoms with van der Waals surface area (Å²) >= 11 is 0. The second-order valence-electron chi connectivity index (χ2n) is 7.83. The van der Waals surface area contributed by atoms with Crippen LogP contribution in [0.1, 0.15) is 37.7 Å². The standard InChI is InChI=1S/C20H28N2O2/c23-19(22-13-18-16-11-21-12-17(16)18)20(24,14-7-3-1-4-8-14)15-9-5-2-6-10-15/h1,3-4,7-8,15-18,21,24H,2,5-6,9-13H2,(H,22,23)/t16-,17?,18?,20?/m0/s1. The fraction of sp³-hybridized carbons (Fsp3) is 0.650. The van der Waals surface area contributed by atoms with Crippen LogP contribution in [0.2, 0.25) is 0 Å². The zero-order chi connectivity index (χ0) is 16.6. The van der Waals surface area contributed by atoms with Gasteiger partial charge in [-0.2, -0.15) is 0 Å². The molecule has 3 unspecified atom stereocenters. The number of piperidine rings is 1. The number of aliphatic hydroxyl groups is 1. The van der Waals surface area contributed by atoms with Gasteiger partial charge in [0.1, 0.15) is 0 Å². The van der Waals surface area contributed by atoms with Crippen molar-refractivity contribution in [1.29, 1.82) is 0 Å². The number of carbonyl (C=O) groups excluding carboxylic acids is 1. The lowest BCUT2D eigenvalue weighted by Gasteiger charge is -2.37. The largest absolute Gasteiger partial charge is 0.375 e. The number of carbonyl (C=O) groups is 1. The molecule has 0 bridgehead atoms. The molecule has 2 aliphatic carbocycles. The van der Waals surface area contributed by atoms with E-state index in [9.17, 15) is 9.90 Å². The number of hydrogen-bond acceptors (Lipinski definition) is 3. The molecule has 130 valence electrons. The lowest BCUT2D eigenvalue weighted by molar-refractivity contribution is -0.149. The van der Waals surface area contributed by atoms with E-state index in [1.165, 1.54) is 6.42 Å². The Labute approximate surface area is 144 Å². The smallest absolute Gasteiger partial charge is 0.256 e. The van der Waals surface area contributed by atoms with E-state index in [4.69, 9.17) is 0 Å². The van der Waals surface area contributed by atoms with Crippen molar-refractivity contribution in [3.63, 3.8) is 0 Å². The van der Waals surface area contributed by atoms with Gasteiger partial charge < -0.3 is 15.7 Å². The van der Waals surface area contributed by atoms with Crippen molar-refractivity contribution in [2.45, 2.75) is 37.7 Å². The zero-order valence-corrected chi connectivity index (χ0v) is 14.2. The maximum absolute atomic E-state index is 13.0. The molecule has 3 fully saturated rings. The first-order valence-corrected chi connectivity index (χ1v) is 9.48. The summed E-state index contributed by atoms with van der Waals surface area (Å²) in [7, 11) is 0. The molecule has 0 radical (unpaired) electrons.